The predicted molar refractivity (Wildman–Crippen MR) is 84.1 cm³/mol. The molecule has 1 aromatic rings. The third-order valence-corrected chi connectivity index (χ3v) is 6.08. The first kappa shape index (κ1) is 13.7. The molecule has 110 valence electrons. The van der Waals surface area contributed by atoms with E-state index in [4.69, 9.17) is 5.73 Å². The summed E-state index contributed by atoms with van der Waals surface area (Å²) in [6, 6.07) is 2.35. The lowest BCUT2D eigenvalue weighted by Crippen LogP contribution is -2.29. The molecule has 2 fully saturated rings. The van der Waals surface area contributed by atoms with E-state index in [0.717, 1.165) is 22.8 Å². The van der Waals surface area contributed by atoms with E-state index in [9.17, 15) is 4.79 Å². The van der Waals surface area contributed by atoms with E-state index in [1.165, 1.54) is 37.0 Å². The molecule has 2 aliphatic rings. The number of fused-ring (bicyclic) bond motifs is 2. The van der Waals surface area contributed by atoms with E-state index in [0.29, 0.717) is 16.6 Å². The molecule has 0 spiro atoms. The Labute approximate surface area is 124 Å². The van der Waals surface area contributed by atoms with Crippen LogP contribution < -0.4 is 16.4 Å². The van der Waals surface area contributed by atoms with Crippen molar-refractivity contribution in [1.29, 1.82) is 0 Å². The Morgan fingerprint density at radius 3 is 2.85 bits per heavy atom. The standard InChI is InChI=1S/C15H23N3OS/c1-8(11-6-9-3-4-10(11)5-9)18-13-7-12(16)14(20-13)15(19)17-2/h7-11,18H,3-6,16H2,1-2H3,(H,17,19). The van der Waals surface area contributed by atoms with Gasteiger partial charge in [-0.25, -0.2) is 0 Å². The van der Waals surface area contributed by atoms with Crippen molar-refractivity contribution in [2.24, 2.45) is 17.8 Å². The molecule has 2 bridgehead atoms. The molecule has 1 heterocycles. The van der Waals surface area contributed by atoms with Crippen LogP contribution in [0.15, 0.2) is 6.07 Å². The van der Waals surface area contributed by atoms with Gasteiger partial charge in [-0.15, -0.1) is 11.3 Å². The third-order valence-electron chi connectivity index (χ3n) is 5.00. The number of hydrogen-bond donors (Lipinski definition) is 3. The van der Waals surface area contributed by atoms with Crippen LogP contribution in [0.1, 0.15) is 42.3 Å². The van der Waals surface area contributed by atoms with Crippen molar-refractivity contribution in [3.63, 3.8) is 0 Å². The minimum absolute atomic E-state index is 0.104. The molecule has 1 amide bonds. The number of carbonyl (C=O) groups is 1. The van der Waals surface area contributed by atoms with Gasteiger partial charge in [-0.2, -0.15) is 0 Å². The monoisotopic (exact) mass is 293 g/mol. The van der Waals surface area contributed by atoms with Gasteiger partial charge in [-0.05, 0) is 50.0 Å². The molecule has 4 nitrogen and oxygen atoms in total. The van der Waals surface area contributed by atoms with Gasteiger partial charge in [0.25, 0.3) is 5.91 Å². The van der Waals surface area contributed by atoms with Gasteiger partial charge < -0.3 is 16.4 Å². The predicted octanol–water partition coefficient (Wildman–Crippen LogP) is 2.93. The van der Waals surface area contributed by atoms with Gasteiger partial charge in [0.1, 0.15) is 4.88 Å². The van der Waals surface area contributed by atoms with Gasteiger partial charge in [0, 0.05) is 13.1 Å². The highest BCUT2D eigenvalue weighted by molar-refractivity contribution is 7.18. The summed E-state index contributed by atoms with van der Waals surface area (Å²) in [4.78, 5) is 12.3. The van der Waals surface area contributed by atoms with Crippen LogP contribution in [-0.2, 0) is 0 Å². The minimum atomic E-state index is -0.104. The number of rotatable bonds is 4. The maximum atomic E-state index is 11.7. The number of nitrogens with one attached hydrogen (secondary N) is 2. The minimum Gasteiger partial charge on any atom is -0.397 e. The Morgan fingerprint density at radius 1 is 1.45 bits per heavy atom. The van der Waals surface area contributed by atoms with Gasteiger partial charge in [0.05, 0.1) is 10.7 Å². The summed E-state index contributed by atoms with van der Waals surface area (Å²) in [5.74, 6) is 2.54. The molecule has 0 aromatic carbocycles. The molecule has 20 heavy (non-hydrogen) atoms. The smallest absolute Gasteiger partial charge is 0.263 e. The van der Waals surface area contributed by atoms with Crippen molar-refractivity contribution >= 4 is 27.9 Å². The fourth-order valence-corrected chi connectivity index (χ4v) is 5.03. The van der Waals surface area contributed by atoms with Crippen LogP contribution in [0.2, 0.25) is 0 Å². The van der Waals surface area contributed by atoms with Gasteiger partial charge in [0.15, 0.2) is 0 Å². The lowest BCUT2D eigenvalue weighted by atomic mass is 9.84. The zero-order valence-electron chi connectivity index (χ0n) is 12.1. The van der Waals surface area contributed by atoms with E-state index in [2.05, 4.69) is 17.6 Å². The maximum Gasteiger partial charge on any atom is 0.263 e. The molecule has 2 saturated carbocycles. The zero-order chi connectivity index (χ0) is 14.3. The Kier molecular flexibility index (Phi) is 3.63. The number of thiophene rings is 1. The van der Waals surface area contributed by atoms with Crippen LogP contribution in [0, 0.1) is 17.8 Å². The second kappa shape index (κ2) is 5.28. The summed E-state index contributed by atoms with van der Waals surface area (Å²) in [5, 5.41) is 7.21. The van der Waals surface area contributed by atoms with E-state index >= 15 is 0 Å². The van der Waals surface area contributed by atoms with Crippen LogP contribution in [0.4, 0.5) is 10.7 Å². The van der Waals surface area contributed by atoms with Crippen molar-refractivity contribution in [3.8, 4) is 0 Å². The first-order valence-electron chi connectivity index (χ1n) is 7.46. The van der Waals surface area contributed by atoms with Crippen molar-refractivity contribution in [1.82, 2.24) is 5.32 Å². The van der Waals surface area contributed by atoms with Crippen LogP contribution in [-0.4, -0.2) is 19.0 Å². The van der Waals surface area contributed by atoms with Crippen LogP contribution in [0.25, 0.3) is 0 Å². The quantitative estimate of drug-likeness (QED) is 0.799. The van der Waals surface area contributed by atoms with Crippen LogP contribution >= 0.6 is 11.3 Å². The first-order chi connectivity index (χ1) is 9.58. The molecule has 4 N–H and O–H groups in total. The average molecular weight is 293 g/mol. The first-order valence-corrected chi connectivity index (χ1v) is 8.28. The van der Waals surface area contributed by atoms with Crippen molar-refractivity contribution in [3.05, 3.63) is 10.9 Å². The molecule has 4 atom stereocenters. The second-order valence-corrected chi connectivity index (χ2v) is 7.30. The lowest BCUT2D eigenvalue weighted by molar-refractivity contribution is 0.0968. The number of nitrogens with two attached hydrogens (primary N) is 1. The summed E-state index contributed by atoms with van der Waals surface area (Å²) in [6.07, 6.45) is 5.62. The average Bonchev–Trinajstić information content (AvgIpc) is 3.13. The Morgan fingerprint density at radius 2 is 2.25 bits per heavy atom. The highest BCUT2D eigenvalue weighted by Crippen LogP contribution is 2.50. The summed E-state index contributed by atoms with van der Waals surface area (Å²) in [6.45, 7) is 2.26. The van der Waals surface area contributed by atoms with Crippen molar-refractivity contribution in [2.75, 3.05) is 18.1 Å². The molecule has 3 rings (SSSR count). The summed E-state index contributed by atoms with van der Waals surface area (Å²) >= 11 is 1.45. The molecule has 0 aliphatic heterocycles. The maximum absolute atomic E-state index is 11.7. The highest BCUT2D eigenvalue weighted by atomic mass is 32.1. The molecule has 0 saturated heterocycles. The lowest BCUT2D eigenvalue weighted by Gasteiger charge is -2.28. The fraction of sp³-hybridized carbons (Fsp3) is 0.667. The Hall–Kier alpha value is -1.23. The number of anilines is 2. The number of hydrogen-bond acceptors (Lipinski definition) is 4. The molecule has 1 aromatic heterocycles. The normalized spacial score (nSPS) is 29.4. The Balaban J connectivity index is 1.67. The van der Waals surface area contributed by atoms with Crippen LogP contribution in [0.5, 0.6) is 0 Å². The number of carbonyl (C=O) groups excluding carboxylic acids is 1. The van der Waals surface area contributed by atoms with E-state index in [1.54, 1.807) is 7.05 Å². The molecule has 5 heteroatoms. The van der Waals surface area contributed by atoms with Crippen LogP contribution in [0.3, 0.4) is 0 Å². The fourth-order valence-electron chi connectivity index (χ4n) is 4.00. The van der Waals surface area contributed by atoms with E-state index in [-0.39, 0.29) is 5.91 Å². The molecule has 4 unspecified atom stereocenters. The SMILES string of the molecule is CNC(=O)c1sc(NC(C)C2CC3CCC2C3)cc1N. The van der Waals surface area contributed by atoms with Gasteiger partial charge >= 0.3 is 0 Å². The molecule has 2 aliphatic carbocycles. The van der Waals surface area contributed by atoms with Gasteiger partial charge in [-0.3, -0.25) is 4.79 Å². The second-order valence-electron chi connectivity index (χ2n) is 6.25. The van der Waals surface area contributed by atoms with Crippen molar-refractivity contribution < 1.29 is 4.79 Å². The Bertz CT molecular complexity index is 513. The molecular formula is C15H23N3OS. The third kappa shape index (κ3) is 2.39. The number of nitrogen functional groups attached to an aromatic ring is 1. The largest absolute Gasteiger partial charge is 0.397 e. The molecular weight excluding hydrogens is 270 g/mol. The summed E-state index contributed by atoms with van der Waals surface area (Å²) in [7, 11) is 1.63. The number of amides is 1. The van der Waals surface area contributed by atoms with Crippen molar-refractivity contribution in [2.45, 2.75) is 38.6 Å². The van der Waals surface area contributed by atoms with E-state index in [1.807, 2.05) is 6.07 Å². The topological polar surface area (TPSA) is 67.2 Å². The van der Waals surface area contributed by atoms with Gasteiger partial charge in [0.2, 0.25) is 0 Å². The summed E-state index contributed by atoms with van der Waals surface area (Å²) < 4.78 is 0. The zero-order valence-corrected chi connectivity index (χ0v) is 12.9. The summed E-state index contributed by atoms with van der Waals surface area (Å²) in [5.41, 5.74) is 6.48. The van der Waals surface area contributed by atoms with E-state index < -0.39 is 0 Å². The van der Waals surface area contributed by atoms with Gasteiger partial charge in [-0.1, -0.05) is 6.42 Å². The molecule has 0 radical (unpaired) electrons. The highest BCUT2D eigenvalue weighted by Gasteiger charge is 2.41.